The number of aromatic nitrogens is 1. The number of carbonyl (C=O) groups excluding carboxylic acids is 3. The van der Waals surface area contributed by atoms with Gasteiger partial charge in [0, 0.05) is 35.9 Å². The zero-order chi connectivity index (χ0) is 17.0. The number of rotatable bonds is 7. The van der Waals surface area contributed by atoms with Gasteiger partial charge in [-0.25, -0.2) is 0 Å². The van der Waals surface area contributed by atoms with Crippen LogP contribution in [0.15, 0.2) is 30.5 Å². The lowest BCUT2D eigenvalue weighted by molar-refractivity contribution is -0.403. The minimum Gasteiger partial charge on any atom is -0.550 e. The lowest BCUT2D eigenvalue weighted by Crippen LogP contribution is -2.70. The summed E-state index contributed by atoms with van der Waals surface area (Å²) in [6.07, 6.45) is 1.18. The fraction of sp³-hybridized carbons (Fsp3) is 0.267. The largest absolute Gasteiger partial charge is 0.550 e. The third-order valence-corrected chi connectivity index (χ3v) is 3.48. The van der Waals surface area contributed by atoms with Gasteiger partial charge in [0.2, 0.25) is 0 Å². The van der Waals surface area contributed by atoms with Crippen LogP contribution in [0.4, 0.5) is 0 Å². The molecule has 2 atom stereocenters. The third-order valence-electron chi connectivity index (χ3n) is 3.48. The van der Waals surface area contributed by atoms with Crippen LogP contribution in [-0.2, 0) is 20.8 Å². The maximum atomic E-state index is 12.0. The van der Waals surface area contributed by atoms with Crippen LogP contribution in [0.3, 0.4) is 0 Å². The number of H-pyrrole nitrogens is 1. The highest BCUT2D eigenvalue weighted by molar-refractivity contribution is 5.89. The van der Waals surface area contributed by atoms with Crippen LogP contribution in [-0.4, -0.2) is 34.9 Å². The van der Waals surface area contributed by atoms with Crippen LogP contribution < -0.4 is 21.3 Å². The van der Waals surface area contributed by atoms with Gasteiger partial charge in [0.15, 0.2) is 6.04 Å². The van der Waals surface area contributed by atoms with E-state index in [0.717, 1.165) is 16.5 Å². The molecule has 0 aliphatic heterocycles. The van der Waals surface area contributed by atoms with Crippen molar-refractivity contribution >= 4 is 28.7 Å². The van der Waals surface area contributed by atoms with Crippen molar-refractivity contribution in [3.05, 3.63) is 36.0 Å². The number of fused-ring (bicyclic) bond motifs is 1. The van der Waals surface area contributed by atoms with Gasteiger partial charge >= 0.3 is 0 Å². The molecular weight excluding hydrogens is 302 g/mol. The summed E-state index contributed by atoms with van der Waals surface area (Å²) in [5, 5.41) is 24.4. The highest BCUT2D eigenvalue weighted by atomic mass is 16.4. The Bertz CT molecular complexity index is 740. The van der Waals surface area contributed by atoms with Gasteiger partial charge in [-0.05, 0) is 11.6 Å². The number of hydrogen-bond acceptors (Lipinski definition) is 5. The Morgan fingerprint density at radius 2 is 1.91 bits per heavy atom. The quantitative estimate of drug-likeness (QED) is 0.488. The second kappa shape index (κ2) is 6.93. The van der Waals surface area contributed by atoms with Crippen LogP contribution in [0, 0.1) is 0 Å². The van der Waals surface area contributed by atoms with E-state index in [9.17, 15) is 24.6 Å². The molecule has 0 radical (unpaired) electrons. The van der Waals surface area contributed by atoms with Crippen LogP contribution in [0.25, 0.3) is 10.9 Å². The molecule has 0 fully saturated rings. The average molecular weight is 318 g/mol. The Hall–Kier alpha value is -2.87. The van der Waals surface area contributed by atoms with Gasteiger partial charge in [-0.15, -0.1) is 0 Å². The molecule has 0 bridgehead atoms. The topological polar surface area (TPSA) is 153 Å². The molecule has 2 aromatic rings. The summed E-state index contributed by atoms with van der Waals surface area (Å²) in [6.45, 7) is 0. The molecule has 0 spiro atoms. The zero-order valence-electron chi connectivity index (χ0n) is 12.2. The fourth-order valence-electron chi connectivity index (χ4n) is 2.31. The van der Waals surface area contributed by atoms with Crippen LogP contribution in [0.1, 0.15) is 12.0 Å². The molecule has 5 N–H and O–H groups in total. The molecule has 122 valence electrons. The van der Waals surface area contributed by atoms with Gasteiger partial charge in [0.05, 0.1) is 12.0 Å². The van der Waals surface area contributed by atoms with Gasteiger partial charge in [-0.1, -0.05) is 18.2 Å². The molecule has 0 aliphatic rings. The van der Waals surface area contributed by atoms with E-state index in [2.05, 4.69) is 16.0 Å². The number of carboxylic acids is 2. The highest BCUT2D eigenvalue weighted by Gasteiger charge is 2.23. The number of nitrogens with one attached hydrogen (secondary N) is 2. The predicted molar refractivity (Wildman–Crippen MR) is 75.2 cm³/mol. The summed E-state index contributed by atoms with van der Waals surface area (Å²) in [5.41, 5.74) is 5.49. The molecule has 1 amide bonds. The monoisotopic (exact) mass is 318 g/mol. The van der Waals surface area contributed by atoms with Gasteiger partial charge < -0.3 is 35.8 Å². The molecular formula is C15H16N3O5-. The molecule has 23 heavy (non-hydrogen) atoms. The molecule has 0 unspecified atom stereocenters. The van der Waals surface area contributed by atoms with E-state index in [1.807, 2.05) is 24.3 Å². The van der Waals surface area contributed by atoms with E-state index in [1.165, 1.54) is 0 Å². The van der Waals surface area contributed by atoms with Crippen molar-refractivity contribution < 1.29 is 30.3 Å². The summed E-state index contributed by atoms with van der Waals surface area (Å²) in [7, 11) is 0. The second-order valence-corrected chi connectivity index (χ2v) is 5.22. The maximum absolute atomic E-state index is 12.0. The van der Waals surface area contributed by atoms with Crippen molar-refractivity contribution in [3.8, 4) is 0 Å². The molecule has 0 saturated carbocycles. The predicted octanol–water partition coefficient (Wildman–Crippen LogP) is -3.30. The van der Waals surface area contributed by atoms with Crippen LogP contribution in [0.2, 0.25) is 0 Å². The Kier molecular flexibility index (Phi) is 4.97. The van der Waals surface area contributed by atoms with E-state index >= 15 is 0 Å². The third kappa shape index (κ3) is 4.07. The summed E-state index contributed by atoms with van der Waals surface area (Å²) >= 11 is 0. The van der Waals surface area contributed by atoms with E-state index in [-0.39, 0.29) is 6.42 Å². The lowest BCUT2D eigenvalue weighted by atomic mass is 10.0. The van der Waals surface area contributed by atoms with Gasteiger partial charge in [-0.3, -0.25) is 4.79 Å². The highest BCUT2D eigenvalue weighted by Crippen LogP contribution is 2.18. The number of amides is 1. The zero-order valence-corrected chi connectivity index (χ0v) is 12.2. The number of quaternary nitrogens is 1. The normalized spacial score (nSPS) is 13.4. The van der Waals surface area contributed by atoms with E-state index in [0.29, 0.717) is 0 Å². The summed E-state index contributed by atoms with van der Waals surface area (Å²) < 4.78 is 0. The van der Waals surface area contributed by atoms with Gasteiger partial charge in [0.1, 0.15) is 0 Å². The molecule has 1 aromatic carbocycles. The molecule has 0 saturated heterocycles. The standard InChI is InChI=1S/C15H17N3O5/c16-10(14(21)18-12(15(22)23)6-13(19)20)5-8-7-17-11-4-2-1-3-9(8)11/h1-4,7,10,12,17H,5-6,16H2,(H,18,21)(H,19,20)(H,22,23)/p-1/t10-,12-/m0/s1. The molecule has 8 nitrogen and oxygen atoms in total. The van der Waals surface area contributed by atoms with Crippen molar-refractivity contribution in [1.82, 2.24) is 10.3 Å². The Morgan fingerprint density at radius 1 is 1.22 bits per heavy atom. The first-order valence-corrected chi connectivity index (χ1v) is 6.97. The van der Waals surface area contributed by atoms with Crippen molar-refractivity contribution in [2.45, 2.75) is 24.9 Å². The molecule has 8 heteroatoms. The van der Waals surface area contributed by atoms with Gasteiger partial charge in [-0.2, -0.15) is 0 Å². The Labute approximate surface area is 131 Å². The van der Waals surface area contributed by atoms with Crippen LogP contribution >= 0.6 is 0 Å². The van der Waals surface area contributed by atoms with Crippen molar-refractivity contribution in [2.75, 3.05) is 0 Å². The Morgan fingerprint density at radius 3 is 2.57 bits per heavy atom. The van der Waals surface area contributed by atoms with Crippen LogP contribution in [0.5, 0.6) is 0 Å². The SMILES string of the molecule is [NH3+][C@@H](Cc1c[nH]c2ccccc12)C(=O)N[C@@H](CC(=O)[O-])C(=O)[O-]. The average Bonchev–Trinajstić information content (AvgIpc) is 2.89. The number of aliphatic carboxylic acids is 2. The van der Waals surface area contributed by atoms with Crippen molar-refractivity contribution in [2.24, 2.45) is 0 Å². The fourth-order valence-corrected chi connectivity index (χ4v) is 2.31. The number of para-hydroxylation sites is 1. The number of carbonyl (C=O) groups is 3. The number of hydrogen-bond donors (Lipinski definition) is 3. The Balaban J connectivity index is 2.04. The minimum absolute atomic E-state index is 0.279. The first-order chi connectivity index (χ1) is 10.9. The first kappa shape index (κ1) is 16.5. The van der Waals surface area contributed by atoms with Crippen molar-refractivity contribution in [1.29, 1.82) is 0 Å². The van der Waals surface area contributed by atoms with E-state index in [1.54, 1.807) is 6.20 Å². The van der Waals surface area contributed by atoms with Gasteiger partial charge in [0.25, 0.3) is 5.91 Å². The number of benzene rings is 1. The van der Waals surface area contributed by atoms with Crippen molar-refractivity contribution in [3.63, 3.8) is 0 Å². The molecule has 0 aliphatic carbocycles. The molecule has 1 aromatic heterocycles. The second-order valence-electron chi connectivity index (χ2n) is 5.22. The number of carboxylic acid groups (broad SMARTS) is 2. The number of aromatic amines is 1. The lowest BCUT2D eigenvalue weighted by Gasteiger charge is -2.21. The molecule has 2 rings (SSSR count). The smallest absolute Gasteiger partial charge is 0.279 e. The first-order valence-electron chi connectivity index (χ1n) is 6.97. The maximum Gasteiger partial charge on any atom is 0.279 e. The summed E-state index contributed by atoms with van der Waals surface area (Å²) in [6, 6.07) is 5.11. The summed E-state index contributed by atoms with van der Waals surface area (Å²) in [4.78, 5) is 36.4. The minimum atomic E-state index is -1.68. The van der Waals surface area contributed by atoms with E-state index < -0.39 is 36.4 Å². The van der Waals surface area contributed by atoms with E-state index in [4.69, 9.17) is 0 Å². The summed E-state index contributed by atoms with van der Waals surface area (Å²) in [5.74, 6) is -3.93. The molecule has 1 heterocycles.